The highest BCUT2D eigenvalue weighted by Gasteiger charge is 2.28. The summed E-state index contributed by atoms with van der Waals surface area (Å²) in [6, 6.07) is 8.73. The Kier molecular flexibility index (Phi) is 7.77. The summed E-state index contributed by atoms with van der Waals surface area (Å²) in [6.07, 6.45) is -0.965. The Balaban J connectivity index is 2.93. The number of carboxylic acids is 2. The molecule has 1 rings (SSSR count). The van der Waals surface area contributed by atoms with Crippen molar-refractivity contribution in [3.8, 4) is 0 Å². The third kappa shape index (κ3) is 8.70. The van der Waals surface area contributed by atoms with Crippen LogP contribution in [0.1, 0.15) is 26.3 Å². The molecule has 0 aliphatic heterocycles. The lowest BCUT2D eigenvalue weighted by Crippen LogP contribution is -2.47. The topological polar surface area (TPSA) is 124 Å². The molecule has 0 aliphatic rings. The van der Waals surface area contributed by atoms with Crippen LogP contribution in [0.2, 0.25) is 0 Å². The Morgan fingerprint density at radius 1 is 0.889 bits per heavy atom. The number of carbonyl (C=O) groups is 4. The number of hydrogen-bond acceptors (Lipinski definition) is 5. The van der Waals surface area contributed by atoms with E-state index in [1.54, 1.807) is 51.1 Å². The number of benzene rings is 1. The molecule has 148 valence electrons. The van der Waals surface area contributed by atoms with E-state index in [1.165, 1.54) is 0 Å². The van der Waals surface area contributed by atoms with Gasteiger partial charge in [-0.05, 0) is 26.3 Å². The van der Waals surface area contributed by atoms with Gasteiger partial charge in [0.1, 0.15) is 25.2 Å². The molecular weight excluding hydrogens is 356 g/mol. The van der Waals surface area contributed by atoms with E-state index < -0.39 is 49.2 Å². The molecule has 0 spiro atoms. The lowest BCUT2D eigenvalue weighted by atomic mass is 10.2. The van der Waals surface area contributed by atoms with Crippen molar-refractivity contribution in [2.75, 3.05) is 19.6 Å². The Hall–Kier alpha value is -3.10. The molecule has 0 radical (unpaired) electrons. The average Bonchev–Trinajstić information content (AvgIpc) is 2.52. The molecule has 0 saturated carbocycles. The van der Waals surface area contributed by atoms with Crippen molar-refractivity contribution in [3.05, 3.63) is 35.9 Å². The van der Waals surface area contributed by atoms with E-state index in [-0.39, 0.29) is 6.54 Å². The van der Waals surface area contributed by atoms with Crippen LogP contribution in [0.5, 0.6) is 0 Å². The van der Waals surface area contributed by atoms with E-state index in [0.717, 1.165) is 9.80 Å². The number of nitrogens with zero attached hydrogens (tertiary/aromatic N) is 2. The summed E-state index contributed by atoms with van der Waals surface area (Å²) in [4.78, 5) is 48.6. The number of amides is 2. The largest absolute Gasteiger partial charge is 0.480 e. The van der Waals surface area contributed by atoms with E-state index in [2.05, 4.69) is 0 Å². The van der Waals surface area contributed by atoms with E-state index in [0.29, 0.717) is 5.56 Å². The summed E-state index contributed by atoms with van der Waals surface area (Å²) in [6.45, 7) is 2.91. The van der Waals surface area contributed by atoms with E-state index >= 15 is 0 Å². The van der Waals surface area contributed by atoms with Crippen molar-refractivity contribution in [1.29, 1.82) is 0 Å². The summed E-state index contributed by atoms with van der Waals surface area (Å²) in [5, 5.41) is 18.1. The zero-order valence-electron chi connectivity index (χ0n) is 15.5. The second-order valence-corrected chi connectivity index (χ2v) is 6.86. The summed E-state index contributed by atoms with van der Waals surface area (Å²) in [5.74, 6) is -3.24. The van der Waals surface area contributed by atoms with Crippen LogP contribution in [0.3, 0.4) is 0 Å². The van der Waals surface area contributed by atoms with E-state index in [4.69, 9.17) is 14.9 Å². The summed E-state index contributed by atoms with van der Waals surface area (Å²) in [7, 11) is 0. The maximum atomic E-state index is 12.6. The minimum Gasteiger partial charge on any atom is -0.480 e. The van der Waals surface area contributed by atoms with Crippen molar-refractivity contribution in [2.45, 2.75) is 32.9 Å². The molecule has 1 aromatic carbocycles. The fraction of sp³-hybridized carbons (Fsp3) is 0.444. The number of carbonyl (C=O) groups excluding carboxylic acids is 2. The Labute approximate surface area is 157 Å². The smallest absolute Gasteiger partial charge is 0.411 e. The Morgan fingerprint density at radius 2 is 1.41 bits per heavy atom. The zero-order chi connectivity index (χ0) is 20.6. The molecule has 0 heterocycles. The van der Waals surface area contributed by atoms with Crippen molar-refractivity contribution in [3.63, 3.8) is 0 Å². The molecule has 9 heteroatoms. The van der Waals surface area contributed by atoms with Gasteiger partial charge in [-0.25, -0.2) is 4.79 Å². The molecule has 0 aliphatic carbocycles. The lowest BCUT2D eigenvalue weighted by molar-refractivity contribution is -0.146. The molecule has 0 saturated heterocycles. The van der Waals surface area contributed by atoms with Crippen LogP contribution in [0.4, 0.5) is 4.79 Å². The van der Waals surface area contributed by atoms with E-state index in [9.17, 15) is 19.2 Å². The second-order valence-electron chi connectivity index (χ2n) is 6.86. The van der Waals surface area contributed by atoms with Crippen molar-refractivity contribution in [1.82, 2.24) is 9.80 Å². The quantitative estimate of drug-likeness (QED) is 0.699. The van der Waals surface area contributed by atoms with Crippen molar-refractivity contribution >= 4 is 23.9 Å². The van der Waals surface area contributed by atoms with Crippen LogP contribution in [0, 0.1) is 0 Å². The number of carboxylic acid groups (broad SMARTS) is 2. The molecule has 2 amide bonds. The highest BCUT2D eigenvalue weighted by molar-refractivity contribution is 5.87. The molecule has 1 aromatic rings. The van der Waals surface area contributed by atoms with Gasteiger partial charge in [0.15, 0.2) is 0 Å². The third-order valence-corrected chi connectivity index (χ3v) is 3.20. The minimum atomic E-state index is -1.32. The summed E-state index contributed by atoms with van der Waals surface area (Å²) < 4.78 is 5.12. The van der Waals surface area contributed by atoms with Gasteiger partial charge in [0.25, 0.3) is 0 Å². The number of aliphatic carboxylic acids is 2. The van der Waals surface area contributed by atoms with Gasteiger partial charge in [0, 0.05) is 6.54 Å². The van der Waals surface area contributed by atoms with Crippen LogP contribution in [-0.4, -0.2) is 69.2 Å². The van der Waals surface area contributed by atoms with Crippen LogP contribution < -0.4 is 0 Å². The first-order valence-electron chi connectivity index (χ1n) is 8.21. The predicted molar refractivity (Wildman–Crippen MR) is 94.9 cm³/mol. The van der Waals surface area contributed by atoms with Gasteiger partial charge in [-0.2, -0.15) is 0 Å². The number of hydrogen-bond donors (Lipinski definition) is 2. The number of rotatable bonds is 8. The SMILES string of the molecule is CC(C)(C)OC(=O)N(CC(=O)O)CC(=O)N(CC(=O)O)Cc1ccccc1. The Bertz CT molecular complexity index is 683. The molecule has 0 fully saturated rings. The van der Waals surface area contributed by atoms with Gasteiger partial charge in [-0.1, -0.05) is 30.3 Å². The van der Waals surface area contributed by atoms with Crippen LogP contribution >= 0.6 is 0 Å². The molecular formula is C18H24N2O7. The summed E-state index contributed by atoms with van der Waals surface area (Å²) in [5.41, 5.74) is -0.170. The second kappa shape index (κ2) is 9.56. The van der Waals surface area contributed by atoms with Crippen molar-refractivity contribution in [2.24, 2.45) is 0 Å². The molecule has 0 bridgehead atoms. The number of ether oxygens (including phenoxy) is 1. The predicted octanol–water partition coefficient (Wildman–Crippen LogP) is 1.42. The molecule has 0 aromatic heterocycles. The molecule has 2 N–H and O–H groups in total. The van der Waals surface area contributed by atoms with Gasteiger partial charge in [-0.3, -0.25) is 19.3 Å². The van der Waals surface area contributed by atoms with Gasteiger partial charge >= 0.3 is 18.0 Å². The maximum Gasteiger partial charge on any atom is 0.411 e. The molecule has 0 unspecified atom stereocenters. The maximum absolute atomic E-state index is 12.6. The highest BCUT2D eigenvalue weighted by Crippen LogP contribution is 2.11. The van der Waals surface area contributed by atoms with Gasteiger partial charge in [-0.15, -0.1) is 0 Å². The first-order valence-corrected chi connectivity index (χ1v) is 8.21. The highest BCUT2D eigenvalue weighted by atomic mass is 16.6. The molecule has 27 heavy (non-hydrogen) atoms. The Morgan fingerprint density at radius 3 is 1.89 bits per heavy atom. The monoisotopic (exact) mass is 380 g/mol. The van der Waals surface area contributed by atoms with Gasteiger partial charge in [0.05, 0.1) is 0 Å². The van der Waals surface area contributed by atoms with Crippen LogP contribution in [0.25, 0.3) is 0 Å². The van der Waals surface area contributed by atoms with Crippen LogP contribution in [0.15, 0.2) is 30.3 Å². The molecule has 0 atom stereocenters. The fourth-order valence-electron chi connectivity index (χ4n) is 2.14. The molecule has 9 nitrogen and oxygen atoms in total. The summed E-state index contributed by atoms with van der Waals surface area (Å²) >= 11 is 0. The standard InChI is InChI=1S/C18H24N2O7/c1-18(2,3)27-17(26)20(12-16(24)25)10-14(21)19(11-15(22)23)9-13-7-5-4-6-8-13/h4-8H,9-12H2,1-3H3,(H,22,23)(H,24,25). The lowest BCUT2D eigenvalue weighted by Gasteiger charge is -2.28. The van der Waals surface area contributed by atoms with Gasteiger partial charge < -0.3 is 19.8 Å². The van der Waals surface area contributed by atoms with Crippen LogP contribution in [-0.2, 0) is 25.7 Å². The first kappa shape index (κ1) is 21.9. The van der Waals surface area contributed by atoms with E-state index in [1.807, 2.05) is 0 Å². The zero-order valence-corrected chi connectivity index (χ0v) is 15.5. The average molecular weight is 380 g/mol. The third-order valence-electron chi connectivity index (χ3n) is 3.20. The van der Waals surface area contributed by atoms with Gasteiger partial charge in [0.2, 0.25) is 5.91 Å². The minimum absolute atomic E-state index is 0.0151. The fourth-order valence-corrected chi connectivity index (χ4v) is 2.14. The first-order chi connectivity index (χ1) is 12.5. The van der Waals surface area contributed by atoms with Crippen molar-refractivity contribution < 1.29 is 34.1 Å². The normalized spacial score (nSPS) is 10.8.